The summed E-state index contributed by atoms with van der Waals surface area (Å²) in [4.78, 5) is 15.4. The molecule has 0 aromatic heterocycles. The van der Waals surface area contributed by atoms with E-state index in [1.54, 1.807) is 19.0 Å². The van der Waals surface area contributed by atoms with E-state index in [9.17, 15) is 4.79 Å². The highest BCUT2D eigenvalue weighted by atomic mass is 16.4. The molecular weight excluding hydrogens is 194 g/mol. The number of carbonyl (C=O) groups is 1. The average Bonchev–Trinajstić information content (AvgIpc) is 2.27. The smallest absolute Gasteiger partial charge is 0.239 e. The molecule has 1 heterocycles. The molecule has 1 atom stereocenters. The van der Waals surface area contributed by atoms with Crippen LogP contribution in [0.2, 0.25) is 0 Å². The molecular formula is C10H19N3O2. The van der Waals surface area contributed by atoms with Gasteiger partial charge >= 0.3 is 0 Å². The highest BCUT2D eigenvalue weighted by Gasteiger charge is 2.25. The van der Waals surface area contributed by atoms with E-state index < -0.39 is 0 Å². The van der Waals surface area contributed by atoms with Gasteiger partial charge in [-0.2, -0.15) is 0 Å². The molecule has 0 spiro atoms. The molecule has 1 fully saturated rings. The molecule has 5 heteroatoms. The molecule has 1 N–H and O–H groups in total. The fraction of sp³-hybridized carbons (Fsp3) is 0.800. The minimum atomic E-state index is -0.0831. The molecule has 0 aliphatic carbocycles. The second-order valence-corrected chi connectivity index (χ2v) is 4.11. The van der Waals surface area contributed by atoms with Crippen LogP contribution in [-0.2, 0) is 4.79 Å². The largest absolute Gasteiger partial charge is 0.411 e. The van der Waals surface area contributed by atoms with Gasteiger partial charge < -0.3 is 10.1 Å². The molecule has 0 aromatic carbocycles. The molecule has 1 amide bonds. The van der Waals surface area contributed by atoms with Crippen molar-refractivity contribution in [1.82, 2.24) is 9.80 Å². The predicted octanol–water partition coefficient (Wildman–Crippen LogP) is 0.389. The quantitative estimate of drug-likeness (QED) is 0.533. The highest BCUT2D eigenvalue weighted by molar-refractivity contribution is 5.85. The second kappa shape index (κ2) is 5.11. The normalized spacial score (nSPS) is 19.8. The van der Waals surface area contributed by atoms with Crippen LogP contribution >= 0.6 is 0 Å². The Labute approximate surface area is 90.3 Å². The Kier molecular flexibility index (Phi) is 4.08. The van der Waals surface area contributed by atoms with Gasteiger partial charge in [0.05, 0.1) is 11.8 Å². The van der Waals surface area contributed by atoms with Gasteiger partial charge in [0, 0.05) is 40.0 Å². The zero-order valence-corrected chi connectivity index (χ0v) is 9.60. The summed E-state index contributed by atoms with van der Waals surface area (Å²) >= 11 is 0. The first kappa shape index (κ1) is 12.0. The number of hydrogen-bond donors (Lipinski definition) is 1. The third-order valence-corrected chi connectivity index (χ3v) is 2.86. The van der Waals surface area contributed by atoms with Crippen molar-refractivity contribution < 1.29 is 10.0 Å². The van der Waals surface area contributed by atoms with Crippen LogP contribution < -0.4 is 0 Å². The summed E-state index contributed by atoms with van der Waals surface area (Å²) in [5.74, 6) is 0.124. The first-order valence-electron chi connectivity index (χ1n) is 5.21. The van der Waals surface area contributed by atoms with Crippen molar-refractivity contribution in [2.45, 2.75) is 25.8 Å². The number of oxime groups is 1. The van der Waals surface area contributed by atoms with E-state index in [1.165, 1.54) is 0 Å². The summed E-state index contributed by atoms with van der Waals surface area (Å²) in [6.45, 7) is 3.50. The molecule has 1 aliphatic rings. The predicted molar refractivity (Wildman–Crippen MR) is 58.2 cm³/mol. The summed E-state index contributed by atoms with van der Waals surface area (Å²) in [5, 5.41) is 11.8. The number of likely N-dealkylation sites (N-methyl/N-ethyl adjacent to an activating group) is 1. The molecule has 0 bridgehead atoms. The van der Waals surface area contributed by atoms with Crippen LogP contribution in [-0.4, -0.2) is 59.9 Å². The molecule has 1 unspecified atom stereocenters. The number of nitrogens with zero attached hydrogens (tertiary/aromatic N) is 3. The molecule has 1 saturated heterocycles. The van der Waals surface area contributed by atoms with E-state index in [0.29, 0.717) is 0 Å². The van der Waals surface area contributed by atoms with E-state index in [0.717, 1.165) is 31.6 Å². The number of likely N-dealkylation sites (tertiary alicyclic amines) is 1. The van der Waals surface area contributed by atoms with Crippen LogP contribution in [0.5, 0.6) is 0 Å². The Hall–Kier alpha value is -1.10. The van der Waals surface area contributed by atoms with Crippen molar-refractivity contribution in [3.63, 3.8) is 0 Å². The molecule has 1 rings (SSSR count). The van der Waals surface area contributed by atoms with Crippen molar-refractivity contribution in [2.24, 2.45) is 5.16 Å². The maximum Gasteiger partial charge on any atom is 0.239 e. The standard InChI is InChI=1S/C10H19N3O2/c1-8(10(14)12(2)3)13-6-4-9(11-15)5-7-13/h8,15H,4-7H2,1-3H3. The van der Waals surface area contributed by atoms with Crippen LogP contribution in [0.1, 0.15) is 19.8 Å². The fourth-order valence-electron chi connectivity index (χ4n) is 1.80. The summed E-state index contributed by atoms with van der Waals surface area (Å²) in [5.41, 5.74) is 0.829. The third kappa shape index (κ3) is 2.92. The maximum absolute atomic E-state index is 11.7. The minimum absolute atomic E-state index is 0.0831. The van der Waals surface area contributed by atoms with Crippen LogP contribution in [0.4, 0.5) is 0 Å². The first-order chi connectivity index (χ1) is 7.06. The molecule has 0 radical (unpaired) electrons. The van der Waals surface area contributed by atoms with E-state index >= 15 is 0 Å². The zero-order chi connectivity index (χ0) is 11.4. The van der Waals surface area contributed by atoms with Crippen LogP contribution in [0.3, 0.4) is 0 Å². The monoisotopic (exact) mass is 213 g/mol. The van der Waals surface area contributed by atoms with Gasteiger partial charge in [-0.1, -0.05) is 5.16 Å². The molecule has 86 valence electrons. The van der Waals surface area contributed by atoms with Crippen LogP contribution in [0, 0.1) is 0 Å². The minimum Gasteiger partial charge on any atom is -0.411 e. The second-order valence-electron chi connectivity index (χ2n) is 4.11. The average molecular weight is 213 g/mol. The van der Waals surface area contributed by atoms with Crippen LogP contribution in [0.25, 0.3) is 0 Å². The Balaban J connectivity index is 2.49. The molecule has 0 saturated carbocycles. The topological polar surface area (TPSA) is 56.1 Å². The Morgan fingerprint density at radius 3 is 2.40 bits per heavy atom. The van der Waals surface area contributed by atoms with Gasteiger partial charge in [-0.3, -0.25) is 9.69 Å². The lowest BCUT2D eigenvalue weighted by atomic mass is 10.1. The van der Waals surface area contributed by atoms with Crippen molar-refractivity contribution in [3.05, 3.63) is 0 Å². The summed E-state index contributed by atoms with van der Waals surface area (Å²) in [6, 6.07) is -0.0831. The maximum atomic E-state index is 11.7. The van der Waals surface area contributed by atoms with Crippen molar-refractivity contribution in [2.75, 3.05) is 27.2 Å². The van der Waals surface area contributed by atoms with E-state index in [4.69, 9.17) is 5.21 Å². The van der Waals surface area contributed by atoms with Crippen molar-refractivity contribution in [1.29, 1.82) is 0 Å². The third-order valence-electron chi connectivity index (χ3n) is 2.86. The number of amides is 1. The lowest BCUT2D eigenvalue weighted by molar-refractivity contribution is -0.133. The van der Waals surface area contributed by atoms with E-state index in [2.05, 4.69) is 10.1 Å². The zero-order valence-electron chi connectivity index (χ0n) is 9.60. The van der Waals surface area contributed by atoms with Gasteiger partial charge in [0.1, 0.15) is 0 Å². The number of rotatable bonds is 2. The lowest BCUT2D eigenvalue weighted by Crippen LogP contribution is -2.48. The number of carbonyl (C=O) groups excluding carboxylic acids is 1. The summed E-state index contributed by atoms with van der Waals surface area (Å²) in [6.07, 6.45) is 1.50. The van der Waals surface area contributed by atoms with E-state index in [-0.39, 0.29) is 11.9 Å². The molecule has 0 aromatic rings. The van der Waals surface area contributed by atoms with Gasteiger partial charge in [0.2, 0.25) is 5.91 Å². The number of piperidine rings is 1. The van der Waals surface area contributed by atoms with Gasteiger partial charge in [-0.15, -0.1) is 0 Å². The Morgan fingerprint density at radius 2 is 2.00 bits per heavy atom. The Bertz CT molecular complexity index is 253. The summed E-state index contributed by atoms with van der Waals surface area (Å²) in [7, 11) is 3.53. The number of hydrogen-bond acceptors (Lipinski definition) is 4. The molecule has 1 aliphatic heterocycles. The molecule has 15 heavy (non-hydrogen) atoms. The van der Waals surface area contributed by atoms with E-state index in [1.807, 2.05) is 6.92 Å². The van der Waals surface area contributed by atoms with Gasteiger partial charge in [-0.25, -0.2) is 0 Å². The van der Waals surface area contributed by atoms with Crippen molar-refractivity contribution >= 4 is 11.6 Å². The lowest BCUT2D eigenvalue weighted by Gasteiger charge is -2.32. The van der Waals surface area contributed by atoms with Crippen molar-refractivity contribution in [3.8, 4) is 0 Å². The van der Waals surface area contributed by atoms with Gasteiger partial charge in [0.25, 0.3) is 0 Å². The first-order valence-corrected chi connectivity index (χ1v) is 5.21. The van der Waals surface area contributed by atoms with Gasteiger partial charge in [0.15, 0.2) is 0 Å². The summed E-state index contributed by atoms with van der Waals surface area (Å²) < 4.78 is 0. The molecule has 5 nitrogen and oxygen atoms in total. The fourth-order valence-corrected chi connectivity index (χ4v) is 1.80. The Morgan fingerprint density at radius 1 is 1.47 bits per heavy atom. The highest BCUT2D eigenvalue weighted by Crippen LogP contribution is 2.11. The SMILES string of the molecule is CC(C(=O)N(C)C)N1CCC(=NO)CC1. The van der Waals surface area contributed by atoms with Crippen LogP contribution in [0.15, 0.2) is 5.16 Å². The van der Waals surface area contributed by atoms with Gasteiger partial charge in [-0.05, 0) is 6.92 Å².